The number of fused-ring (bicyclic) bond motifs is 1. The van der Waals surface area contributed by atoms with Crippen LogP contribution in [0.15, 0.2) is 90.0 Å². The molecule has 1 amide bonds. The van der Waals surface area contributed by atoms with Gasteiger partial charge in [0.05, 0.1) is 32.4 Å². The summed E-state index contributed by atoms with van der Waals surface area (Å²) in [5.41, 5.74) is 4.50. The standard InChI is InChI=1S/C28H24N2O5/c1-33-23-11-6-10-22(16-23)28(32)35-25-14-13-19(15-26(25)34-2)18-29-30-27(31)17-21-9-5-8-20-7-3-4-12-24(20)21/h3-16,18H,17H2,1-2H3,(H,30,31)/b29-18-. The number of hydrazone groups is 1. The number of amides is 1. The van der Waals surface area contributed by atoms with Crippen molar-refractivity contribution in [3.05, 3.63) is 102 Å². The second-order valence-electron chi connectivity index (χ2n) is 7.64. The van der Waals surface area contributed by atoms with Crippen LogP contribution in [0.4, 0.5) is 0 Å². The van der Waals surface area contributed by atoms with E-state index in [1.165, 1.54) is 20.4 Å². The third kappa shape index (κ3) is 5.83. The van der Waals surface area contributed by atoms with E-state index < -0.39 is 5.97 Å². The van der Waals surface area contributed by atoms with Crippen LogP contribution in [-0.2, 0) is 11.2 Å². The van der Waals surface area contributed by atoms with E-state index in [1.54, 1.807) is 42.5 Å². The topological polar surface area (TPSA) is 86.2 Å². The van der Waals surface area contributed by atoms with Crippen LogP contribution in [0, 0.1) is 0 Å². The van der Waals surface area contributed by atoms with E-state index in [0.717, 1.165) is 16.3 Å². The molecule has 4 rings (SSSR count). The van der Waals surface area contributed by atoms with Gasteiger partial charge in [-0.15, -0.1) is 0 Å². The molecule has 0 aliphatic carbocycles. The molecule has 4 aromatic carbocycles. The van der Waals surface area contributed by atoms with Crippen LogP contribution in [-0.4, -0.2) is 32.3 Å². The number of esters is 1. The molecular weight excluding hydrogens is 444 g/mol. The Balaban J connectivity index is 1.40. The van der Waals surface area contributed by atoms with Crippen molar-refractivity contribution in [2.24, 2.45) is 5.10 Å². The smallest absolute Gasteiger partial charge is 0.343 e. The van der Waals surface area contributed by atoms with E-state index in [9.17, 15) is 9.59 Å². The summed E-state index contributed by atoms with van der Waals surface area (Å²) in [6.07, 6.45) is 1.71. The predicted octanol–water partition coefficient (Wildman–Crippen LogP) is 4.77. The number of hydrogen-bond acceptors (Lipinski definition) is 6. The van der Waals surface area contributed by atoms with Crippen molar-refractivity contribution in [3.8, 4) is 17.2 Å². The lowest BCUT2D eigenvalue weighted by atomic mass is 10.0. The summed E-state index contributed by atoms with van der Waals surface area (Å²) in [7, 11) is 3.00. The first-order valence-corrected chi connectivity index (χ1v) is 10.9. The summed E-state index contributed by atoms with van der Waals surface area (Å²) in [4.78, 5) is 24.9. The lowest BCUT2D eigenvalue weighted by Gasteiger charge is -2.10. The van der Waals surface area contributed by atoms with Gasteiger partial charge in [-0.3, -0.25) is 4.79 Å². The van der Waals surface area contributed by atoms with Crippen LogP contribution in [0.1, 0.15) is 21.5 Å². The SMILES string of the molecule is COc1cccc(C(=O)Oc2ccc(/C=N\NC(=O)Cc3cccc4ccccc34)cc2OC)c1. The van der Waals surface area contributed by atoms with Gasteiger partial charge < -0.3 is 14.2 Å². The number of methoxy groups -OCH3 is 2. The average molecular weight is 469 g/mol. The van der Waals surface area contributed by atoms with Crippen molar-refractivity contribution in [1.29, 1.82) is 0 Å². The molecule has 0 unspecified atom stereocenters. The Morgan fingerprint density at radius 1 is 0.857 bits per heavy atom. The molecule has 0 aliphatic rings. The fraction of sp³-hybridized carbons (Fsp3) is 0.107. The van der Waals surface area contributed by atoms with E-state index >= 15 is 0 Å². The van der Waals surface area contributed by atoms with Gasteiger partial charge in [0.1, 0.15) is 5.75 Å². The Labute approximate surface area is 202 Å². The molecule has 0 spiro atoms. The highest BCUT2D eigenvalue weighted by Crippen LogP contribution is 2.28. The Kier molecular flexibility index (Phi) is 7.37. The molecule has 1 N–H and O–H groups in total. The van der Waals surface area contributed by atoms with Gasteiger partial charge in [0.2, 0.25) is 5.91 Å². The molecule has 0 aromatic heterocycles. The summed E-state index contributed by atoms with van der Waals surface area (Å²) in [6.45, 7) is 0. The number of rotatable bonds is 8. The van der Waals surface area contributed by atoms with Crippen LogP contribution in [0.2, 0.25) is 0 Å². The average Bonchev–Trinajstić information content (AvgIpc) is 2.89. The first-order valence-electron chi connectivity index (χ1n) is 10.9. The molecule has 0 saturated carbocycles. The minimum atomic E-state index is -0.538. The highest BCUT2D eigenvalue weighted by Gasteiger charge is 2.14. The normalized spacial score (nSPS) is 10.8. The highest BCUT2D eigenvalue weighted by molar-refractivity contribution is 5.92. The molecule has 35 heavy (non-hydrogen) atoms. The molecule has 0 saturated heterocycles. The van der Waals surface area contributed by atoms with Gasteiger partial charge in [0, 0.05) is 0 Å². The maximum absolute atomic E-state index is 12.5. The number of hydrogen-bond donors (Lipinski definition) is 1. The first kappa shape index (κ1) is 23.5. The fourth-order valence-electron chi connectivity index (χ4n) is 3.60. The van der Waals surface area contributed by atoms with Crippen molar-refractivity contribution in [2.75, 3.05) is 14.2 Å². The van der Waals surface area contributed by atoms with Gasteiger partial charge in [-0.05, 0) is 58.3 Å². The summed E-state index contributed by atoms with van der Waals surface area (Å²) < 4.78 is 16.0. The van der Waals surface area contributed by atoms with E-state index in [4.69, 9.17) is 14.2 Å². The number of carbonyl (C=O) groups is 2. The molecule has 0 radical (unpaired) electrons. The number of carbonyl (C=O) groups excluding carboxylic acids is 2. The van der Waals surface area contributed by atoms with Gasteiger partial charge >= 0.3 is 5.97 Å². The number of nitrogens with one attached hydrogen (secondary N) is 1. The zero-order valence-corrected chi connectivity index (χ0v) is 19.4. The van der Waals surface area contributed by atoms with Gasteiger partial charge in [-0.2, -0.15) is 5.10 Å². The van der Waals surface area contributed by atoms with Crippen LogP contribution < -0.4 is 19.6 Å². The highest BCUT2D eigenvalue weighted by atomic mass is 16.6. The summed E-state index contributed by atoms with van der Waals surface area (Å²) >= 11 is 0. The minimum Gasteiger partial charge on any atom is -0.497 e. The van der Waals surface area contributed by atoms with Gasteiger partial charge in [-0.25, -0.2) is 10.2 Å². The first-order chi connectivity index (χ1) is 17.1. The molecule has 7 nitrogen and oxygen atoms in total. The second kappa shape index (κ2) is 11.0. The quantitative estimate of drug-likeness (QED) is 0.174. The molecule has 0 aliphatic heterocycles. The van der Waals surface area contributed by atoms with Gasteiger partial charge in [-0.1, -0.05) is 48.5 Å². The summed E-state index contributed by atoms with van der Waals surface area (Å²) in [5.74, 6) is 0.405. The van der Waals surface area contributed by atoms with E-state index in [-0.39, 0.29) is 18.1 Å². The minimum absolute atomic E-state index is 0.209. The number of ether oxygens (including phenoxy) is 3. The maximum Gasteiger partial charge on any atom is 0.343 e. The zero-order valence-electron chi connectivity index (χ0n) is 19.4. The molecule has 0 atom stereocenters. The van der Waals surface area contributed by atoms with Crippen LogP contribution in [0.3, 0.4) is 0 Å². The lowest BCUT2D eigenvalue weighted by molar-refractivity contribution is -0.120. The third-order valence-corrected chi connectivity index (χ3v) is 5.33. The van der Waals surface area contributed by atoms with Crippen LogP contribution in [0.25, 0.3) is 10.8 Å². The molecule has 0 heterocycles. The largest absolute Gasteiger partial charge is 0.497 e. The molecule has 7 heteroatoms. The number of nitrogens with zero attached hydrogens (tertiary/aromatic N) is 1. The van der Waals surface area contributed by atoms with E-state index in [2.05, 4.69) is 10.5 Å². The maximum atomic E-state index is 12.5. The fourth-order valence-corrected chi connectivity index (χ4v) is 3.60. The summed E-state index contributed by atoms with van der Waals surface area (Å²) in [6, 6.07) is 25.5. The molecular formula is C28H24N2O5. The zero-order chi connectivity index (χ0) is 24.6. The second-order valence-corrected chi connectivity index (χ2v) is 7.64. The van der Waals surface area contributed by atoms with E-state index in [0.29, 0.717) is 22.6 Å². The van der Waals surface area contributed by atoms with Gasteiger partial charge in [0.25, 0.3) is 0 Å². The Morgan fingerprint density at radius 2 is 1.66 bits per heavy atom. The predicted molar refractivity (Wildman–Crippen MR) is 134 cm³/mol. The molecule has 4 aromatic rings. The van der Waals surface area contributed by atoms with Crippen molar-refractivity contribution >= 4 is 28.9 Å². The van der Waals surface area contributed by atoms with Crippen molar-refractivity contribution < 1.29 is 23.8 Å². The van der Waals surface area contributed by atoms with Crippen molar-refractivity contribution in [3.63, 3.8) is 0 Å². The lowest BCUT2D eigenvalue weighted by Crippen LogP contribution is -2.19. The Hall–Kier alpha value is -4.65. The third-order valence-electron chi connectivity index (χ3n) is 5.33. The van der Waals surface area contributed by atoms with E-state index in [1.807, 2.05) is 42.5 Å². The Morgan fingerprint density at radius 3 is 2.49 bits per heavy atom. The van der Waals surface area contributed by atoms with Crippen molar-refractivity contribution in [2.45, 2.75) is 6.42 Å². The molecule has 0 bridgehead atoms. The van der Waals surface area contributed by atoms with Crippen LogP contribution in [0.5, 0.6) is 17.2 Å². The molecule has 176 valence electrons. The molecule has 0 fully saturated rings. The van der Waals surface area contributed by atoms with Gasteiger partial charge in [0.15, 0.2) is 11.5 Å². The summed E-state index contributed by atoms with van der Waals surface area (Å²) in [5, 5.41) is 6.17. The number of benzene rings is 4. The van der Waals surface area contributed by atoms with Crippen LogP contribution >= 0.6 is 0 Å². The Bertz CT molecular complexity index is 1390. The van der Waals surface area contributed by atoms with Crippen molar-refractivity contribution in [1.82, 2.24) is 5.43 Å². The monoisotopic (exact) mass is 468 g/mol.